The van der Waals surface area contributed by atoms with Gasteiger partial charge in [0, 0.05) is 6.54 Å². The number of hydrogen-bond donors (Lipinski definition) is 2. The molecular weight excluding hydrogens is 308 g/mol. The Morgan fingerprint density at radius 1 is 1.04 bits per heavy atom. The Bertz CT molecular complexity index is 721. The Morgan fingerprint density at radius 2 is 1.76 bits per heavy atom. The summed E-state index contributed by atoms with van der Waals surface area (Å²) in [6.45, 7) is 4.77. The lowest BCUT2D eigenvalue weighted by Crippen LogP contribution is -2.38. The standard InChI is InChI=1S/C22H28N2O/c1-16-7-9-18(10-8-16)13-14-23-22(25)24-17(2)20-12-11-19-5-3-4-6-21(19)15-20/h7-12,15,17H,3-6,13-14H2,1-2H3,(H2,23,24,25). The van der Waals surface area contributed by atoms with Gasteiger partial charge in [-0.3, -0.25) is 0 Å². The van der Waals surface area contributed by atoms with Gasteiger partial charge in [0.1, 0.15) is 0 Å². The molecule has 0 radical (unpaired) electrons. The summed E-state index contributed by atoms with van der Waals surface area (Å²) < 4.78 is 0. The number of rotatable bonds is 5. The molecule has 132 valence electrons. The second-order valence-electron chi connectivity index (χ2n) is 7.09. The Labute approximate surface area is 150 Å². The van der Waals surface area contributed by atoms with Gasteiger partial charge in [-0.25, -0.2) is 4.79 Å². The van der Waals surface area contributed by atoms with Gasteiger partial charge in [-0.1, -0.05) is 48.0 Å². The van der Waals surface area contributed by atoms with Crippen LogP contribution in [-0.4, -0.2) is 12.6 Å². The minimum atomic E-state index is -0.0997. The van der Waals surface area contributed by atoms with Crippen LogP contribution in [0.25, 0.3) is 0 Å². The summed E-state index contributed by atoms with van der Waals surface area (Å²) in [6.07, 6.45) is 5.78. The van der Waals surface area contributed by atoms with Crippen molar-refractivity contribution in [3.05, 3.63) is 70.3 Å². The van der Waals surface area contributed by atoms with Crippen LogP contribution in [0.5, 0.6) is 0 Å². The molecule has 1 unspecified atom stereocenters. The topological polar surface area (TPSA) is 41.1 Å². The molecule has 0 spiro atoms. The molecule has 2 aromatic carbocycles. The lowest BCUT2D eigenvalue weighted by Gasteiger charge is -2.20. The van der Waals surface area contributed by atoms with E-state index in [1.165, 1.54) is 53.5 Å². The fraction of sp³-hybridized carbons (Fsp3) is 0.409. The highest BCUT2D eigenvalue weighted by Gasteiger charge is 2.13. The number of nitrogens with one attached hydrogen (secondary N) is 2. The first-order valence-electron chi connectivity index (χ1n) is 9.33. The zero-order valence-corrected chi connectivity index (χ0v) is 15.3. The molecular formula is C22H28N2O. The molecule has 25 heavy (non-hydrogen) atoms. The fourth-order valence-corrected chi connectivity index (χ4v) is 3.43. The minimum Gasteiger partial charge on any atom is -0.338 e. The number of aryl methyl sites for hydroxylation is 3. The summed E-state index contributed by atoms with van der Waals surface area (Å²) in [5.74, 6) is 0. The van der Waals surface area contributed by atoms with Crippen LogP contribution in [-0.2, 0) is 19.3 Å². The molecule has 0 heterocycles. The second-order valence-corrected chi connectivity index (χ2v) is 7.09. The zero-order valence-electron chi connectivity index (χ0n) is 15.3. The molecule has 0 saturated heterocycles. The molecule has 0 saturated carbocycles. The third-order valence-electron chi connectivity index (χ3n) is 5.04. The number of urea groups is 1. The number of fused-ring (bicyclic) bond motifs is 1. The molecule has 0 bridgehead atoms. The molecule has 1 atom stereocenters. The Kier molecular flexibility index (Phi) is 5.75. The van der Waals surface area contributed by atoms with E-state index >= 15 is 0 Å². The highest BCUT2D eigenvalue weighted by atomic mass is 16.2. The van der Waals surface area contributed by atoms with Gasteiger partial charge in [0.15, 0.2) is 0 Å². The van der Waals surface area contributed by atoms with E-state index in [2.05, 4.69) is 60.0 Å². The Balaban J connectivity index is 1.48. The van der Waals surface area contributed by atoms with Crippen molar-refractivity contribution < 1.29 is 4.79 Å². The molecule has 2 amide bonds. The first kappa shape index (κ1) is 17.5. The van der Waals surface area contributed by atoms with Crippen LogP contribution in [0.3, 0.4) is 0 Å². The summed E-state index contributed by atoms with van der Waals surface area (Å²) >= 11 is 0. The molecule has 2 aromatic rings. The predicted molar refractivity (Wildman–Crippen MR) is 103 cm³/mol. The molecule has 0 aliphatic heterocycles. The number of benzene rings is 2. The average molecular weight is 336 g/mol. The van der Waals surface area contributed by atoms with Gasteiger partial charge in [-0.05, 0) is 68.2 Å². The third-order valence-corrected chi connectivity index (χ3v) is 5.04. The van der Waals surface area contributed by atoms with E-state index in [9.17, 15) is 4.79 Å². The van der Waals surface area contributed by atoms with E-state index in [1.807, 2.05) is 6.92 Å². The average Bonchev–Trinajstić information content (AvgIpc) is 2.63. The molecule has 3 heteroatoms. The van der Waals surface area contributed by atoms with Crippen molar-refractivity contribution >= 4 is 6.03 Å². The molecule has 0 aromatic heterocycles. The van der Waals surface area contributed by atoms with Crippen LogP contribution in [0.15, 0.2) is 42.5 Å². The van der Waals surface area contributed by atoms with Crippen molar-refractivity contribution in [2.24, 2.45) is 0 Å². The minimum absolute atomic E-state index is 0.0200. The highest BCUT2D eigenvalue weighted by molar-refractivity contribution is 5.74. The van der Waals surface area contributed by atoms with E-state index in [-0.39, 0.29) is 12.1 Å². The third kappa shape index (κ3) is 4.85. The number of carbonyl (C=O) groups excluding carboxylic acids is 1. The largest absolute Gasteiger partial charge is 0.338 e. The Hall–Kier alpha value is -2.29. The summed E-state index contributed by atoms with van der Waals surface area (Å²) in [5.41, 5.74) is 6.62. The van der Waals surface area contributed by atoms with Gasteiger partial charge in [-0.15, -0.1) is 0 Å². The summed E-state index contributed by atoms with van der Waals surface area (Å²) in [7, 11) is 0. The smallest absolute Gasteiger partial charge is 0.315 e. The number of amides is 2. The highest BCUT2D eigenvalue weighted by Crippen LogP contribution is 2.24. The van der Waals surface area contributed by atoms with Gasteiger partial charge < -0.3 is 10.6 Å². The van der Waals surface area contributed by atoms with Gasteiger partial charge in [0.05, 0.1) is 6.04 Å². The lowest BCUT2D eigenvalue weighted by molar-refractivity contribution is 0.238. The van der Waals surface area contributed by atoms with Gasteiger partial charge in [-0.2, -0.15) is 0 Å². The lowest BCUT2D eigenvalue weighted by atomic mass is 9.89. The van der Waals surface area contributed by atoms with E-state index in [4.69, 9.17) is 0 Å². The van der Waals surface area contributed by atoms with Crippen LogP contribution in [0.1, 0.15) is 53.6 Å². The number of hydrogen-bond acceptors (Lipinski definition) is 1. The predicted octanol–water partition coefficient (Wildman–Crippen LogP) is 4.48. The summed E-state index contributed by atoms with van der Waals surface area (Å²) in [5, 5.41) is 6.01. The van der Waals surface area contributed by atoms with Crippen molar-refractivity contribution in [1.29, 1.82) is 0 Å². The van der Waals surface area contributed by atoms with Gasteiger partial charge in [0.2, 0.25) is 0 Å². The van der Waals surface area contributed by atoms with E-state index in [0.717, 1.165) is 6.42 Å². The van der Waals surface area contributed by atoms with Crippen molar-refractivity contribution in [2.45, 2.75) is 52.0 Å². The molecule has 0 fully saturated rings. The van der Waals surface area contributed by atoms with E-state index < -0.39 is 0 Å². The van der Waals surface area contributed by atoms with Crippen molar-refractivity contribution in [2.75, 3.05) is 6.54 Å². The molecule has 1 aliphatic rings. The maximum absolute atomic E-state index is 12.1. The molecule has 1 aliphatic carbocycles. The van der Waals surface area contributed by atoms with Crippen molar-refractivity contribution in [1.82, 2.24) is 10.6 Å². The monoisotopic (exact) mass is 336 g/mol. The maximum atomic E-state index is 12.1. The molecule has 3 nitrogen and oxygen atoms in total. The fourth-order valence-electron chi connectivity index (χ4n) is 3.43. The van der Waals surface area contributed by atoms with Gasteiger partial charge in [0.25, 0.3) is 0 Å². The molecule has 2 N–H and O–H groups in total. The van der Waals surface area contributed by atoms with Crippen LogP contribution >= 0.6 is 0 Å². The summed E-state index contributed by atoms with van der Waals surface area (Å²) in [6, 6.07) is 15.0. The maximum Gasteiger partial charge on any atom is 0.315 e. The van der Waals surface area contributed by atoms with Crippen LogP contribution in [0.4, 0.5) is 4.79 Å². The van der Waals surface area contributed by atoms with E-state index in [0.29, 0.717) is 6.54 Å². The van der Waals surface area contributed by atoms with Crippen molar-refractivity contribution in [3.8, 4) is 0 Å². The van der Waals surface area contributed by atoms with Crippen LogP contribution in [0, 0.1) is 6.92 Å². The first-order chi connectivity index (χ1) is 12.1. The quantitative estimate of drug-likeness (QED) is 0.830. The van der Waals surface area contributed by atoms with Crippen LogP contribution < -0.4 is 10.6 Å². The normalized spacial score (nSPS) is 14.5. The zero-order chi connectivity index (χ0) is 17.6. The SMILES string of the molecule is Cc1ccc(CCNC(=O)NC(C)c2ccc3c(c2)CCCC3)cc1. The second kappa shape index (κ2) is 8.19. The van der Waals surface area contributed by atoms with E-state index in [1.54, 1.807) is 0 Å². The Morgan fingerprint density at radius 3 is 2.52 bits per heavy atom. The van der Waals surface area contributed by atoms with Crippen molar-refractivity contribution in [3.63, 3.8) is 0 Å². The summed E-state index contributed by atoms with van der Waals surface area (Å²) in [4.78, 5) is 12.1. The van der Waals surface area contributed by atoms with Gasteiger partial charge >= 0.3 is 6.03 Å². The van der Waals surface area contributed by atoms with Crippen LogP contribution in [0.2, 0.25) is 0 Å². The molecule has 3 rings (SSSR count). The number of carbonyl (C=O) groups is 1. The first-order valence-corrected chi connectivity index (χ1v) is 9.33.